The zero-order valence-electron chi connectivity index (χ0n) is 20.2. The Labute approximate surface area is 226 Å². The van der Waals surface area contributed by atoms with Crippen LogP contribution >= 0.6 is 23.1 Å². The Morgan fingerprint density at radius 1 is 0.974 bits per heavy atom. The molecule has 2 aromatic carbocycles. The molecule has 1 aliphatic heterocycles. The molecule has 0 spiro atoms. The van der Waals surface area contributed by atoms with Crippen LogP contribution in [-0.2, 0) is 15.3 Å². The van der Waals surface area contributed by atoms with E-state index in [9.17, 15) is 14.7 Å². The Bertz CT molecular complexity index is 1700. The number of aliphatic hydroxyl groups excluding tert-OH is 1. The molecule has 188 valence electrons. The molecule has 6 rings (SSSR count). The Balaban J connectivity index is 1.44. The summed E-state index contributed by atoms with van der Waals surface area (Å²) in [6, 6.07) is 23.7. The van der Waals surface area contributed by atoms with Gasteiger partial charge in [-0.3, -0.25) is 18.9 Å². The van der Waals surface area contributed by atoms with Gasteiger partial charge in [-0.25, -0.2) is 4.98 Å². The van der Waals surface area contributed by atoms with Crippen LogP contribution in [0.1, 0.15) is 28.6 Å². The standard InChI is InChI=1S/C28H21N5O3S2/c1-17-22(32-15-9-8-14-20(32)29-17)24(34)21-23(19-12-6-3-7-13-19)33(26(36)25(21)35)27-30-31-28(38-27)37-16-18-10-4-2-5-11-18/h2-15,23,34H,16H2,1H3/b24-21+. The molecule has 0 saturated carbocycles. The summed E-state index contributed by atoms with van der Waals surface area (Å²) in [6.45, 7) is 1.76. The van der Waals surface area contributed by atoms with Crippen LogP contribution in [-0.4, -0.2) is 36.4 Å². The van der Waals surface area contributed by atoms with Crippen LogP contribution < -0.4 is 4.90 Å². The normalized spacial score (nSPS) is 17.0. The minimum Gasteiger partial charge on any atom is -0.505 e. The Morgan fingerprint density at radius 2 is 1.68 bits per heavy atom. The van der Waals surface area contributed by atoms with E-state index in [1.165, 1.54) is 28.0 Å². The van der Waals surface area contributed by atoms with E-state index in [0.29, 0.717) is 37.8 Å². The molecular weight excluding hydrogens is 518 g/mol. The van der Waals surface area contributed by atoms with E-state index in [-0.39, 0.29) is 11.3 Å². The number of pyridine rings is 1. The second-order valence-corrected chi connectivity index (χ2v) is 10.9. The number of nitrogens with zero attached hydrogens (tertiary/aromatic N) is 5. The second-order valence-electron chi connectivity index (χ2n) is 8.68. The Kier molecular flexibility index (Phi) is 6.26. The number of imidazole rings is 1. The molecule has 1 atom stereocenters. The van der Waals surface area contributed by atoms with Crippen LogP contribution in [0.15, 0.2) is 95.0 Å². The van der Waals surface area contributed by atoms with Gasteiger partial charge in [0.2, 0.25) is 5.13 Å². The lowest BCUT2D eigenvalue weighted by molar-refractivity contribution is -0.132. The smallest absolute Gasteiger partial charge is 0.301 e. The van der Waals surface area contributed by atoms with E-state index in [4.69, 9.17) is 0 Å². The number of hydrogen-bond acceptors (Lipinski definition) is 8. The number of aryl methyl sites for hydroxylation is 1. The van der Waals surface area contributed by atoms with Gasteiger partial charge in [0.05, 0.1) is 17.3 Å². The SMILES string of the molecule is Cc1nc2ccccn2c1/C(O)=C1\C(=O)C(=O)N(c2nnc(SCc3ccccc3)s2)C1c1ccccc1. The first-order valence-electron chi connectivity index (χ1n) is 11.8. The molecule has 4 heterocycles. The van der Waals surface area contributed by atoms with Crippen molar-refractivity contribution in [3.63, 3.8) is 0 Å². The lowest BCUT2D eigenvalue weighted by Crippen LogP contribution is -2.29. The molecule has 1 aliphatic rings. The number of thioether (sulfide) groups is 1. The first kappa shape index (κ1) is 24.1. The number of benzene rings is 2. The van der Waals surface area contributed by atoms with Gasteiger partial charge < -0.3 is 5.11 Å². The van der Waals surface area contributed by atoms with Crippen LogP contribution in [0.3, 0.4) is 0 Å². The molecule has 10 heteroatoms. The maximum Gasteiger partial charge on any atom is 0.301 e. The van der Waals surface area contributed by atoms with Crippen molar-refractivity contribution in [2.45, 2.75) is 23.1 Å². The lowest BCUT2D eigenvalue weighted by atomic mass is 9.96. The Hall–Kier alpha value is -4.28. The van der Waals surface area contributed by atoms with E-state index in [2.05, 4.69) is 15.2 Å². The highest BCUT2D eigenvalue weighted by molar-refractivity contribution is 8.00. The fourth-order valence-electron chi connectivity index (χ4n) is 4.58. The number of ketones is 1. The second kappa shape index (κ2) is 9.88. The molecule has 1 amide bonds. The van der Waals surface area contributed by atoms with Crippen molar-refractivity contribution in [3.8, 4) is 0 Å². The predicted octanol–water partition coefficient (Wildman–Crippen LogP) is 5.41. The number of carbonyl (C=O) groups is 2. The summed E-state index contributed by atoms with van der Waals surface area (Å²) >= 11 is 2.75. The van der Waals surface area contributed by atoms with Crippen LogP contribution in [0.5, 0.6) is 0 Å². The van der Waals surface area contributed by atoms with Crippen molar-refractivity contribution in [2.75, 3.05) is 4.90 Å². The van der Waals surface area contributed by atoms with Crippen LogP contribution in [0, 0.1) is 6.92 Å². The van der Waals surface area contributed by atoms with Gasteiger partial charge in [-0.15, -0.1) is 10.2 Å². The molecule has 1 saturated heterocycles. The number of aromatic nitrogens is 4. The van der Waals surface area contributed by atoms with Crippen molar-refractivity contribution in [3.05, 3.63) is 113 Å². The molecule has 38 heavy (non-hydrogen) atoms. The van der Waals surface area contributed by atoms with Gasteiger partial charge in [-0.05, 0) is 30.2 Å². The van der Waals surface area contributed by atoms with Gasteiger partial charge in [0.25, 0.3) is 5.78 Å². The zero-order valence-corrected chi connectivity index (χ0v) is 21.8. The number of anilines is 1. The molecule has 0 bridgehead atoms. The zero-order chi connectivity index (χ0) is 26.2. The molecule has 1 unspecified atom stereocenters. The fraction of sp³-hybridized carbons (Fsp3) is 0.107. The van der Waals surface area contributed by atoms with Crippen molar-refractivity contribution < 1.29 is 14.7 Å². The van der Waals surface area contributed by atoms with Crippen molar-refractivity contribution in [2.24, 2.45) is 0 Å². The number of fused-ring (bicyclic) bond motifs is 1. The summed E-state index contributed by atoms with van der Waals surface area (Å²) in [7, 11) is 0. The molecule has 8 nitrogen and oxygen atoms in total. The highest BCUT2D eigenvalue weighted by Gasteiger charge is 2.48. The topological polar surface area (TPSA) is 101 Å². The molecule has 5 aromatic rings. The van der Waals surface area contributed by atoms with Crippen molar-refractivity contribution >= 4 is 51.3 Å². The fourth-order valence-corrected chi connectivity index (χ4v) is 6.41. The largest absolute Gasteiger partial charge is 0.505 e. The average Bonchev–Trinajstić information content (AvgIpc) is 3.62. The van der Waals surface area contributed by atoms with E-state index in [0.717, 1.165) is 5.56 Å². The minimum absolute atomic E-state index is 0.0105. The first-order chi connectivity index (χ1) is 18.5. The van der Waals surface area contributed by atoms with Crippen molar-refractivity contribution in [1.82, 2.24) is 19.6 Å². The molecule has 3 aromatic heterocycles. The summed E-state index contributed by atoms with van der Waals surface area (Å²) in [5, 5.41) is 20.4. The number of hydrogen-bond donors (Lipinski definition) is 1. The predicted molar refractivity (Wildman–Crippen MR) is 147 cm³/mol. The molecule has 0 aliphatic carbocycles. The molecular formula is C28H21N5O3S2. The third-order valence-corrected chi connectivity index (χ3v) is 8.42. The van der Waals surface area contributed by atoms with Gasteiger partial charge in [0, 0.05) is 11.9 Å². The summed E-state index contributed by atoms with van der Waals surface area (Å²) in [5.74, 6) is -1.12. The van der Waals surface area contributed by atoms with Gasteiger partial charge in [-0.2, -0.15) is 0 Å². The van der Waals surface area contributed by atoms with Crippen LogP contribution in [0.2, 0.25) is 0 Å². The van der Waals surface area contributed by atoms with Crippen LogP contribution in [0.4, 0.5) is 5.13 Å². The molecule has 1 N–H and O–H groups in total. The van der Waals surface area contributed by atoms with E-state index < -0.39 is 17.7 Å². The number of rotatable bonds is 6. The third-order valence-electron chi connectivity index (χ3n) is 6.30. The summed E-state index contributed by atoms with van der Waals surface area (Å²) in [4.78, 5) is 32.8. The lowest BCUT2D eigenvalue weighted by Gasteiger charge is -2.22. The summed E-state index contributed by atoms with van der Waals surface area (Å²) in [5.41, 5.74) is 3.35. The van der Waals surface area contributed by atoms with E-state index >= 15 is 0 Å². The quantitative estimate of drug-likeness (QED) is 0.101. The molecule has 0 radical (unpaired) electrons. The molecule has 1 fully saturated rings. The average molecular weight is 540 g/mol. The van der Waals surface area contributed by atoms with Gasteiger partial charge >= 0.3 is 5.91 Å². The van der Waals surface area contributed by atoms with Gasteiger partial charge in [0.15, 0.2) is 10.1 Å². The van der Waals surface area contributed by atoms with Gasteiger partial charge in [0.1, 0.15) is 11.3 Å². The summed E-state index contributed by atoms with van der Waals surface area (Å²) in [6.07, 6.45) is 1.76. The number of carbonyl (C=O) groups excluding carboxylic acids is 2. The Morgan fingerprint density at radius 3 is 2.45 bits per heavy atom. The van der Waals surface area contributed by atoms with Crippen molar-refractivity contribution in [1.29, 1.82) is 0 Å². The third kappa shape index (κ3) is 4.17. The maximum atomic E-state index is 13.5. The number of Topliss-reactive ketones (excluding diaryl/α,β-unsaturated/α-hetero) is 1. The monoisotopic (exact) mass is 539 g/mol. The van der Waals surface area contributed by atoms with Gasteiger partial charge in [-0.1, -0.05) is 89.8 Å². The first-order valence-corrected chi connectivity index (χ1v) is 13.6. The highest BCUT2D eigenvalue weighted by atomic mass is 32.2. The van der Waals surface area contributed by atoms with Crippen LogP contribution in [0.25, 0.3) is 11.4 Å². The summed E-state index contributed by atoms with van der Waals surface area (Å²) < 4.78 is 2.39. The maximum absolute atomic E-state index is 13.5. The highest BCUT2D eigenvalue weighted by Crippen LogP contribution is 2.44. The van der Waals surface area contributed by atoms with E-state index in [1.54, 1.807) is 17.5 Å². The number of aliphatic hydroxyl groups is 1. The van der Waals surface area contributed by atoms with E-state index in [1.807, 2.05) is 78.9 Å². The minimum atomic E-state index is -0.871. The number of amides is 1.